The molecule has 166 valence electrons. The number of hydrogen-bond acceptors (Lipinski definition) is 6. The standard InChI is InChI=1S/C22H26N2O7/c1-30-16-9-8-15(18(10-16)31-2)12-24-19(17(26)13-25)22(20(24)27,23-21(28)29)11-14-6-4-3-5-7-14/h3-10,17,19,23,25-26H,11-13H2,1-2H3,(H,28,29)/t17-,19+,22-/m1/s1. The van der Waals surface area contributed by atoms with Crippen LogP contribution in [0.2, 0.25) is 0 Å². The normalized spacial score (nSPS) is 21.2. The quantitative estimate of drug-likeness (QED) is 0.437. The summed E-state index contributed by atoms with van der Waals surface area (Å²) in [5.74, 6) is 0.568. The van der Waals surface area contributed by atoms with Gasteiger partial charge in [0.15, 0.2) is 0 Å². The zero-order valence-electron chi connectivity index (χ0n) is 17.3. The molecule has 2 aromatic rings. The van der Waals surface area contributed by atoms with E-state index in [1.165, 1.54) is 19.1 Å². The highest BCUT2D eigenvalue weighted by atomic mass is 16.5. The summed E-state index contributed by atoms with van der Waals surface area (Å²) in [5.41, 5.74) is -0.230. The van der Waals surface area contributed by atoms with Gasteiger partial charge in [-0.15, -0.1) is 0 Å². The van der Waals surface area contributed by atoms with Crippen molar-refractivity contribution >= 4 is 12.0 Å². The molecule has 3 rings (SSSR count). The van der Waals surface area contributed by atoms with Crippen LogP contribution in [-0.4, -0.2) is 70.7 Å². The molecule has 2 amide bonds. The topological polar surface area (TPSA) is 129 Å². The van der Waals surface area contributed by atoms with Crippen molar-refractivity contribution in [2.45, 2.75) is 30.7 Å². The van der Waals surface area contributed by atoms with Crippen LogP contribution < -0.4 is 14.8 Å². The summed E-state index contributed by atoms with van der Waals surface area (Å²) >= 11 is 0. The number of hydrogen-bond donors (Lipinski definition) is 4. The highest BCUT2D eigenvalue weighted by molar-refractivity contribution is 5.97. The van der Waals surface area contributed by atoms with Crippen LogP contribution in [0.25, 0.3) is 0 Å². The van der Waals surface area contributed by atoms with Crippen LogP contribution in [-0.2, 0) is 17.8 Å². The van der Waals surface area contributed by atoms with Crippen LogP contribution >= 0.6 is 0 Å². The molecule has 3 atom stereocenters. The molecule has 0 aromatic heterocycles. The van der Waals surface area contributed by atoms with Gasteiger partial charge in [-0.2, -0.15) is 0 Å². The number of ether oxygens (including phenoxy) is 2. The number of rotatable bonds is 9. The first-order valence-electron chi connectivity index (χ1n) is 9.72. The van der Waals surface area contributed by atoms with Crippen molar-refractivity contribution < 1.29 is 34.4 Å². The first-order chi connectivity index (χ1) is 14.9. The van der Waals surface area contributed by atoms with Gasteiger partial charge in [0.05, 0.1) is 26.9 Å². The van der Waals surface area contributed by atoms with E-state index in [9.17, 15) is 24.9 Å². The number of amides is 2. The van der Waals surface area contributed by atoms with Gasteiger partial charge < -0.3 is 35.0 Å². The number of aliphatic hydroxyl groups excluding tert-OH is 2. The maximum atomic E-state index is 13.3. The molecule has 0 spiro atoms. The molecule has 1 fully saturated rings. The molecule has 4 N–H and O–H groups in total. The molecule has 2 aromatic carbocycles. The Kier molecular flexibility index (Phi) is 6.67. The summed E-state index contributed by atoms with van der Waals surface area (Å²) < 4.78 is 10.6. The minimum absolute atomic E-state index is 0.0386. The summed E-state index contributed by atoms with van der Waals surface area (Å²) in [7, 11) is 3.01. The molecule has 0 saturated carbocycles. The Bertz CT molecular complexity index is 937. The highest BCUT2D eigenvalue weighted by Gasteiger charge is 2.63. The number of β-lactam (4-membered cyclic amide) rings is 1. The number of methoxy groups -OCH3 is 2. The lowest BCUT2D eigenvalue weighted by molar-refractivity contribution is -0.175. The minimum Gasteiger partial charge on any atom is -0.497 e. The lowest BCUT2D eigenvalue weighted by Crippen LogP contribution is -2.83. The van der Waals surface area contributed by atoms with Gasteiger partial charge in [-0.3, -0.25) is 4.79 Å². The average Bonchev–Trinajstić information content (AvgIpc) is 2.78. The van der Waals surface area contributed by atoms with Crippen LogP contribution in [0.4, 0.5) is 4.79 Å². The number of likely N-dealkylation sites (tertiary alicyclic amines) is 1. The highest BCUT2D eigenvalue weighted by Crippen LogP contribution is 2.39. The Morgan fingerprint density at radius 2 is 1.90 bits per heavy atom. The van der Waals surface area contributed by atoms with Gasteiger partial charge >= 0.3 is 6.09 Å². The first-order valence-corrected chi connectivity index (χ1v) is 9.72. The molecule has 0 aliphatic carbocycles. The van der Waals surface area contributed by atoms with E-state index in [0.29, 0.717) is 17.1 Å². The van der Waals surface area contributed by atoms with Crippen molar-refractivity contribution in [2.24, 2.45) is 0 Å². The second-order valence-corrected chi connectivity index (χ2v) is 7.37. The Hall–Kier alpha value is -3.30. The number of carbonyl (C=O) groups is 2. The molecule has 1 aliphatic heterocycles. The van der Waals surface area contributed by atoms with E-state index in [1.54, 1.807) is 42.5 Å². The van der Waals surface area contributed by atoms with E-state index >= 15 is 0 Å². The van der Waals surface area contributed by atoms with E-state index in [4.69, 9.17) is 9.47 Å². The fourth-order valence-electron chi connectivity index (χ4n) is 4.14. The Balaban J connectivity index is 1.97. The lowest BCUT2D eigenvalue weighted by Gasteiger charge is -2.57. The van der Waals surface area contributed by atoms with Crippen LogP contribution in [0.15, 0.2) is 48.5 Å². The summed E-state index contributed by atoms with van der Waals surface area (Å²) in [6, 6.07) is 13.1. The third kappa shape index (κ3) is 4.28. The van der Waals surface area contributed by atoms with Crippen molar-refractivity contribution in [1.82, 2.24) is 10.2 Å². The largest absolute Gasteiger partial charge is 0.497 e. The molecular formula is C22H26N2O7. The van der Waals surface area contributed by atoms with Crippen LogP contribution in [0.3, 0.4) is 0 Å². The fourth-order valence-corrected chi connectivity index (χ4v) is 4.14. The predicted octanol–water partition coefficient (Wildman–Crippen LogP) is 1.02. The van der Waals surface area contributed by atoms with Crippen molar-refractivity contribution in [2.75, 3.05) is 20.8 Å². The monoisotopic (exact) mass is 430 g/mol. The van der Waals surface area contributed by atoms with Crippen molar-refractivity contribution in [3.63, 3.8) is 0 Å². The predicted molar refractivity (Wildman–Crippen MR) is 111 cm³/mol. The van der Waals surface area contributed by atoms with Gasteiger partial charge in [-0.05, 0) is 17.7 Å². The van der Waals surface area contributed by atoms with Gasteiger partial charge in [0.2, 0.25) is 0 Å². The Morgan fingerprint density at radius 1 is 1.19 bits per heavy atom. The van der Waals surface area contributed by atoms with E-state index in [-0.39, 0.29) is 13.0 Å². The zero-order valence-corrected chi connectivity index (χ0v) is 17.3. The second kappa shape index (κ2) is 9.23. The molecule has 9 nitrogen and oxygen atoms in total. The smallest absolute Gasteiger partial charge is 0.405 e. The van der Waals surface area contributed by atoms with Crippen LogP contribution in [0.1, 0.15) is 11.1 Å². The summed E-state index contributed by atoms with van der Waals surface area (Å²) in [6.45, 7) is -0.572. The van der Waals surface area contributed by atoms with Crippen molar-refractivity contribution in [3.05, 3.63) is 59.7 Å². The van der Waals surface area contributed by atoms with E-state index in [2.05, 4.69) is 5.32 Å². The third-order valence-corrected chi connectivity index (χ3v) is 5.53. The maximum Gasteiger partial charge on any atom is 0.405 e. The SMILES string of the molecule is COc1ccc(CN2C(=O)[C@](Cc3ccccc3)(NC(=O)O)[C@@H]2[C@H](O)CO)c(OC)c1. The molecule has 9 heteroatoms. The van der Waals surface area contributed by atoms with Crippen LogP contribution in [0, 0.1) is 0 Å². The molecule has 1 heterocycles. The average molecular weight is 430 g/mol. The summed E-state index contributed by atoms with van der Waals surface area (Å²) in [6.07, 6.45) is -2.70. The van der Waals surface area contributed by atoms with E-state index in [0.717, 1.165) is 5.56 Å². The van der Waals surface area contributed by atoms with Gasteiger partial charge in [-0.25, -0.2) is 4.79 Å². The number of nitrogens with one attached hydrogen (secondary N) is 1. The zero-order chi connectivity index (χ0) is 22.6. The number of nitrogens with zero attached hydrogens (tertiary/aromatic N) is 1. The number of aliphatic hydroxyl groups is 2. The molecule has 0 bridgehead atoms. The summed E-state index contributed by atoms with van der Waals surface area (Å²) in [4.78, 5) is 26.3. The number of carboxylic acid groups (broad SMARTS) is 1. The van der Waals surface area contributed by atoms with Crippen LogP contribution in [0.5, 0.6) is 11.5 Å². The number of carbonyl (C=O) groups excluding carboxylic acids is 1. The second-order valence-electron chi connectivity index (χ2n) is 7.37. The lowest BCUT2D eigenvalue weighted by atomic mass is 9.71. The minimum atomic E-state index is -1.60. The Morgan fingerprint density at radius 3 is 2.48 bits per heavy atom. The molecule has 0 radical (unpaired) electrons. The van der Waals surface area contributed by atoms with Crippen molar-refractivity contribution in [1.29, 1.82) is 0 Å². The molecule has 1 aliphatic rings. The molecule has 0 unspecified atom stereocenters. The molecule has 31 heavy (non-hydrogen) atoms. The van der Waals surface area contributed by atoms with Gasteiger partial charge in [0.1, 0.15) is 23.1 Å². The fraction of sp³-hybridized carbons (Fsp3) is 0.364. The van der Waals surface area contributed by atoms with Gasteiger partial charge in [0.25, 0.3) is 5.91 Å². The van der Waals surface area contributed by atoms with E-state index in [1.807, 2.05) is 6.07 Å². The Labute approximate surface area is 179 Å². The summed E-state index contributed by atoms with van der Waals surface area (Å²) in [5, 5.41) is 31.9. The van der Waals surface area contributed by atoms with Crippen molar-refractivity contribution in [3.8, 4) is 11.5 Å². The first kappa shape index (κ1) is 22.4. The third-order valence-electron chi connectivity index (χ3n) is 5.53. The molecular weight excluding hydrogens is 404 g/mol. The van der Waals surface area contributed by atoms with E-state index < -0.39 is 36.3 Å². The number of benzene rings is 2. The van der Waals surface area contributed by atoms with Gasteiger partial charge in [-0.1, -0.05) is 30.3 Å². The van der Waals surface area contributed by atoms with Gasteiger partial charge in [0, 0.05) is 24.6 Å². The molecule has 1 saturated heterocycles. The maximum absolute atomic E-state index is 13.3.